The van der Waals surface area contributed by atoms with Gasteiger partial charge in [-0.15, -0.1) is 0 Å². The molecule has 0 atom stereocenters. The fraction of sp³-hybridized carbons (Fsp3) is 0.150. The summed E-state index contributed by atoms with van der Waals surface area (Å²) in [6.07, 6.45) is 3.70. The minimum absolute atomic E-state index is 0.0562. The summed E-state index contributed by atoms with van der Waals surface area (Å²) in [5.41, 5.74) is 3.71. The van der Waals surface area contributed by atoms with Crippen molar-refractivity contribution in [2.75, 3.05) is 18.1 Å². The molecule has 128 valence electrons. The number of likely N-dealkylation sites (N-methyl/N-ethyl adjacent to an activating group) is 1. The second kappa shape index (κ2) is 7.90. The zero-order chi connectivity index (χ0) is 18.0. The van der Waals surface area contributed by atoms with Crippen molar-refractivity contribution in [1.29, 1.82) is 0 Å². The molecule has 0 saturated heterocycles. The Morgan fingerprint density at radius 1 is 1.20 bits per heavy atom. The van der Waals surface area contributed by atoms with E-state index < -0.39 is 0 Å². The molecule has 3 nitrogen and oxygen atoms in total. The number of ether oxygens (including phenoxy) is 1. The Hall–Kier alpha value is -1.35. The molecule has 2 aromatic rings. The topological polar surface area (TPSA) is 29.5 Å². The molecule has 1 heterocycles. The Morgan fingerprint density at radius 2 is 1.88 bits per heavy atom. The Kier molecular flexibility index (Phi) is 5.83. The molecule has 0 fully saturated rings. The van der Waals surface area contributed by atoms with Gasteiger partial charge >= 0.3 is 0 Å². The number of hydrogen-bond acceptors (Lipinski definition) is 2. The average Bonchev–Trinajstić information content (AvgIpc) is 2.86. The molecule has 0 N–H and O–H groups in total. The van der Waals surface area contributed by atoms with Gasteiger partial charge in [0.25, 0.3) is 5.91 Å². The molecule has 0 bridgehead atoms. The normalized spacial score (nSPS) is 14.8. The number of halogens is 2. The number of amides is 1. The van der Waals surface area contributed by atoms with Crippen LogP contribution >= 0.6 is 45.2 Å². The second-order valence-corrected chi connectivity index (χ2v) is 7.86. The number of anilines is 1. The minimum Gasteiger partial charge on any atom is -0.487 e. The lowest BCUT2D eigenvalue weighted by Gasteiger charge is -2.13. The molecule has 0 radical (unpaired) electrons. The van der Waals surface area contributed by atoms with Crippen LogP contribution in [0.15, 0.2) is 49.1 Å². The number of rotatable bonds is 5. The van der Waals surface area contributed by atoms with Crippen molar-refractivity contribution in [1.82, 2.24) is 0 Å². The van der Waals surface area contributed by atoms with Gasteiger partial charge in [-0.2, -0.15) is 0 Å². The monoisotopic (exact) mass is 557 g/mol. The third-order valence-electron chi connectivity index (χ3n) is 3.95. The zero-order valence-electron chi connectivity index (χ0n) is 13.8. The van der Waals surface area contributed by atoms with Gasteiger partial charge in [-0.3, -0.25) is 4.79 Å². The standard InChI is InChI=1S/C20H17I2NO2/c1-3-9-25-19-16(21)11-13(12-17(19)22)10-15-14-7-5-6-8-18(14)23(4-2)20(15)24/h3,5-8,10-12H,1,4,9H2,2H3/b15-10-. The van der Waals surface area contributed by atoms with Crippen LogP contribution in [0.5, 0.6) is 5.75 Å². The van der Waals surface area contributed by atoms with Gasteiger partial charge in [0.1, 0.15) is 12.4 Å². The van der Waals surface area contributed by atoms with Crippen molar-refractivity contribution in [2.45, 2.75) is 6.92 Å². The third-order valence-corrected chi connectivity index (χ3v) is 5.56. The fourth-order valence-electron chi connectivity index (χ4n) is 2.87. The Labute approximate surface area is 175 Å². The molecule has 5 heteroatoms. The van der Waals surface area contributed by atoms with Crippen LogP contribution in [0, 0.1) is 7.14 Å². The second-order valence-electron chi connectivity index (χ2n) is 5.54. The number of hydrogen-bond donors (Lipinski definition) is 0. The number of carbonyl (C=O) groups is 1. The highest BCUT2D eigenvalue weighted by Crippen LogP contribution is 2.38. The van der Waals surface area contributed by atoms with Crippen LogP contribution in [0.25, 0.3) is 11.6 Å². The van der Waals surface area contributed by atoms with E-state index in [0.717, 1.165) is 35.3 Å². The van der Waals surface area contributed by atoms with Crippen LogP contribution in [0.1, 0.15) is 18.1 Å². The van der Waals surface area contributed by atoms with Crippen molar-refractivity contribution in [3.63, 3.8) is 0 Å². The molecule has 3 rings (SSSR count). The fourth-order valence-corrected chi connectivity index (χ4v) is 5.00. The summed E-state index contributed by atoms with van der Waals surface area (Å²) in [6, 6.07) is 12.0. The van der Waals surface area contributed by atoms with E-state index >= 15 is 0 Å². The number of carbonyl (C=O) groups excluding carboxylic acids is 1. The summed E-state index contributed by atoms with van der Waals surface area (Å²) >= 11 is 4.53. The predicted molar refractivity (Wildman–Crippen MR) is 120 cm³/mol. The first-order valence-electron chi connectivity index (χ1n) is 7.92. The van der Waals surface area contributed by atoms with E-state index in [1.54, 1.807) is 6.08 Å². The Balaban J connectivity index is 2.04. The molecule has 25 heavy (non-hydrogen) atoms. The summed E-state index contributed by atoms with van der Waals surface area (Å²) in [6.45, 7) is 6.82. The van der Waals surface area contributed by atoms with Gasteiger partial charge in [0.2, 0.25) is 0 Å². The average molecular weight is 557 g/mol. The molecule has 0 aromatic heterocycles. The first-order valence-corrected chi connectivity index (χ1v) is 10.1. The van der Waals surface area contributed by atoms with Crippen LogP contribution in [0.2, 0.25) is 0 Å². The number of para-hydroxylation sites is 1. The summed E-state index contributed by atoms with van der Waals surface area (Å²) in [5.74, 6) is 0.914. The van der Waals surface area contributed by atoms with Crippen LogP contribution < -0.4 is 9.64 Å². The highest BCUT2D eigenvalue weighted by molar-refractivity contribution is 14.1. The summed E-state index contributed by atoms with van der Waals surface area (Å²) in [7, 11) is 0. The van der Waals surface area contributed by atoms with Crippen molar-refractivity contribution < 1.29 is 9.53 Å². The summed E-state index contributed by atoms with van der Waals surface area (Å²) in [5, 5.41) is 0. The molecule has 0 spiro atoms. The van der Waals surface area contributed by atoms with Gasteiger partial charge < -0.3 is 9.64 Å². The maximum atomic E-state index is 12.8. The third kappa shape index (κ3) is 3.62. The molecular formula is C20H17I2NO2. The maximum absolute atomic E-state index is 12.8. The SMILES string of the molecule is C=CCOc1c(I)cc(/C=C2\C(=O)N(CC)c3ccccc32)cc1I. The van der Waals surface area contributed by atoms with Crippen LogP contribution in [0.4, 0.5) is 5.69 Å². The molecular weight excluding hydrogens is 540 g/mol. The van der Waals surface area contributed by atoms with Crippen molar-refractivity contribution >= 4 is 68.4 Å². The summed E-state index contributed by atoms with van der Waals surface area (Å²) in [4.78, 5) is 14.6. The number of fused-ring (bicyclic) bond motifs is 1. The van der Waals surface area contributed by atoms with Gasteiger partial charge in [-0.05, 0) is 81.9 Å². The van der Waals surface area contributed by atoms with E-state index in [0.29, 0.717) is 13.2 Å². The van der Waals surface area contributed by atoms with E-state index in [1.165, 1.54) is 0 Å². The van der Waals surface area contributed by atoms with E-state index in [9.17, 15) is 4.79 Å². The molecule has 1 aliphatic rings. The first-order chi connectivity index (χ1) is 12.1. The molecule has 0 aliphatic carbocycles. The largest absolute Gasteiger partial charge is 0.487 e. The minimum atomic E-state index is 0.0562. The first kappa shape index (κ1) is 18.4. The van der Waals surface area contributed by atoms with Crippen LogP contribution in [0.3, 0.4) is 0 Å². The molecule has 2 aromatic carbocycles. The van der Waals surface area contributed by atoms with E-state index in [1.807, 2.05) is 54.3 Å². The maximum Gasteiger partial charge on any atom is 0.258 e. The van der Waals surface area contributed by atoms with Gasteiger partial charge in [-0.1, -0.05) is 30.9 Å². The van der Waals surface area contributed by atoms with Crippen molar-refractivity contribution in [3.8, 4) is 5.75 Å². The Morgan fingerprint density at radius 3 is 2.52 bits per heavy atom. The van der Waals surface area contributed by atoms with Crippen LogP contribution in [-0.2, 0) is 4.79 Å². The van der Waals surface area contributed by atoms with Crippen molar-refractivity contribution in [2.24, 2.45) is 0 Å². The molecule has 0 saturated carbocycles. The lowest BCUT2D eigenvalue weighted by molar-refractivity contribution is -0.112. The summed E-state index contributed by atoms with van der Waals surface area (Å²) < 4.78 is 7.76. The molecule has 1 aliphatic heterocycles. The smallest absolute Gasteiger partial charge is 0.258 e. The lowest BCUT2D eigenvalue weighted by Crippen LogP contribution is -2.25. The zero-order valence-corrected chi connectivity index (χ0v) is 18.1. The molecule has 0 unspecified atom stereocenters. The number of benzene rings is 2. The van der Waals surface area contributed by atoms with Gasteiger partial charge in [0, 0.05) is 17.7 Å². The van der Waals surface area contributed by atoms with Gasteiger partial charge in [0.05, 0.1) is 12.8 Å². The predicted octanol–water partition coefficient (Wildman–Crippen LogP) is 5.37. The lowest BCUT2D eigenvalue weighted by atomic mass is 10.0. The van der Waals surface area contributed by atoms with Crippen LogP contribution in [-0.4, -0.2) is 19.1 Å². The van der Waals surface area contributed by atoms with Gasteiger partial charge in [0.15, 0.2) is 0 Å². The van der Waals surface area contributed by atoms with E-state index in [4.69, 9.17) is 4.74 Å². The van der Waals surface area contributed by atoms with E-state index in [2.05, 4.69) is 51.8 Å². The Bertz CT molecular complexity index is 851. The quantitative estimate of drug-likeness (QED) is 0.282. The highest BCUT2D eigenvalue weighted by Gasteiger charge is 2.30. The molecule has 1 amide bonds. The highest BCUT2D eigenvalue weighted by atomic mass is 127. The van der Waals surface area contributed by atoms with Crippen molar-refractivity contribution in [3.05, 3.63) is 67.3 Å². The number of nitrogens with zero attached hydrogens (tertiary/aromatic N) is 1. The van der Waals surface area contributed by atoms with Gasteiger partial charge in [-0.25, -0.2) is 0 Å². The van der Waals surface area contributed by atoms with E-state index in [-0.39, 0.29) is 5.91 Å².